The minimum atomic E-state index is -0.694. The number of ether oxygens (including phenoxy) is 2. The molecule has 8 nitrogen and oxygen atoms in total. The largest absolute Gasteiger partial charge is 0.505 e. The molecule has 4 aromatic rings. The van der Waals surface area contributed by atoms with Crippen LogP contribution in [-0.4, -0.2) is 33.5 Å². The highest BCUT2D eigenvalue weighted by molar-refractivity contribution is 6.06. The number of imidazole rings is 1. The van der Waals surface area contributed by atoms with Crippen LogP contribution in [0, 0.1) is 6.92 Å². The fourth-order valence-corrected chi connectivity index (χ4v) is 3.25. The molecule has 0 unspecified atom stereocenters. The van der Waals surface area contributed by atoms with Crippen molar-refractivity contribution in [2.45, 2.75) is 13.5 Å². The smallest absolute Gasteiger partial charge is 0.341 e. The molecule has 0 aliphatic heterocycles. The van der Waals surface area contributed by atoms with Gasteiger partial charge in [-0.05, 0) is 55.0 Å². The number of benzene rings is 2. The second-order valence-electron chi connectivity index (χ2n) is 7.11. The molecule has 4 rings (SSSR count). The van der Waals surface area contributed by atoms with Crippen molar-refractivity contribution in [3.8, 4) is 11.5 Å². The Balaban J connectivity index is 1.41. The topological polar surface area (TPSA) is 102 Å². The van der Waals surface area contributed by atoms with Crippen LogP contribution >= 0.6 is 0 Å². The molecule has 0 saturated heterocycles. The Kier molecular flexibility index (Phi) is 5.76. The van der Waals surface area contributed by atoms with E-state index in [4.69, 9.17) is 4.74 Å². The Labute approximate surface area is 184 Å². The number of nitrogens with zero attached hydrogens (tertiary/aromatic N) is 2. The Morgan fingerprint density at radius 3 is 2.59 bits per heavy atom. The molecular formula is C24H21N3O5. The van der Waals surface area contributed by atoms with E-state index in [1.807, 2.05) is 35.9 Å². The lowest BCUT2D eigenvalue weighted by Gasteiger charge is -2.10. The summed E-state index contributed by atoms with van der Waals surface area (Å²) in [4.78, 5) is 28.8. The summed E-state index contributed by atoms with van der Waals surface area (Å²) in [6.07, 6.45) is 3.85. The highest BCUT2D eigenvalue weighted by Gasteiger charge is 2.16. The molecule has 1 amide bonds. The standard InChI is InChI=1S/C24H21N3O5/c1-15-5-4-12-27-13-17(25-22(15)27)14-32-18-10-8-16(9-11-18)23(29)26-20-7-3-6-19(21(20)28)24(30)31-2/h3-13,28H,14H2,1-2H3,(H,26,29). The zero-order valence-corrected chi connectivity index (χ0v) is 17.5. The molecule has 0 spiro atoms. The molecule has 0 fully saturated rings. The van der Waals surface area contributed by atoms with Crippen molar-refractivity contribution < 1.29 is 24.2 Å². The van der Waals surface area contributed by atoms with Crippen LogP contribution in [0.25, 0.3) is 5.65 Å². The first-order chi connectivity index (χ1) is 15.5. The lowest BCUT2D eigenvalue weighted by atomic mass is 10.1. The van der Waals surface area contributed by atoms with Gasteiger partial charge >= 0.3 is 5.97 Å². The molecular weight excluding hydrogens is 410 g/mol. The van der Waals surface area contributed by atoms with Crippen LogP contribution in [0.4, 0.5) is 5.69 Å². The van der Waals surface area contributed by atoms with Crippen LogP contribution in [0.2, 0.25) is 0 Å². The molecule has 2 aromatic carbocycles. The van der Waals surface area contributed by atoms with Crippen molar-refractivity contribution in [1.82, 2.24) is 9.38 Å². The van der Waals surface area contributed by atoms with E-state index in [9.17, 15) is 14.7 Å². The Morgan fingerprint density at radius 2 is 1.88 bits per heavy atom. The minimum absolute atomic E-state index is 0.0313. The fraction of sp³-hybridized carbons (Fsp3) is 0.125. The van der Waals surface area contributed by atoms with Crippen molar-refractivity contribution in [2.24, 2.45) is 0 Å². The third-order valence-electron chi connectivity index (χ3n) is 4.92. The van der Waals surface area contributed by atoms with E-state index in [0.29, 0.717) is 17.9 Å². The Hall–Kier alpha value is -4.33. The number of hydrogen-bond acceptors (Lipinski definition) is 6. The summed E-state index contributed by atoms with van der Waals surface area (Å²) in [5.74, 6) is -0.897. The van der Waals surface area contributed by atoms with Gasteiger partial charge in [0, 0.05) is 18.0 Å². The number of aryl methyl sites for hydroxylation is 1. The highest BCUT2D eigenvalue weighted by Crippen LogP contribution is 2.28. The maximum Gasteiger partial charge on any atom is 0.341 e. The van der Waals surface area contributed by atoms with E-state index in [1.54, 1.807) is 30.3 Å². The van der Waals surface area contributed by atoms with Crippen LogP contribution in [0.3, 0.4) is 0 Å². The van der Waals surface area contributed by atoms with Gasteiger partial charge in [0.15, 0.2) is 5.75 Å². The van der Waals surface area contributed by atoms with Gasteiger partial charge in [-0.15, -0.1) is 0 Å². The number of anilines is 1. The number of pyridine rings is 1. The van der Waals surface area contributed by atoms with Gasteiger partial charge < -0.3 is 24.3 Å². The zero-order valence-electron chi connectivity index (χ0n) is 17.5. The van der Waals surface area contributed by atoms with E-state index in [0.717, 1.165) is 16.9 Å². The summed E-state index contributed by atoms with van der Waals surface area (Å²) in [5.41, 5.74) is 3.21. The lowest BCUT2D eigenvalue weighted by molar-refractivity contribution is 0.0597. The van der Waals surface area contributed by atoms with Gasteiger partial charge in [-0.3, -0.25) is 4.79 Å². The van der Waals surface area contributed by atoms with Crippen LogP contribution in [-0.2, 0) is 11.3 Å². The third kappa shape index (κ3) is 4.24. The monoisotopic (exact) mass is 431 g/mol. The number of phenolic OH excluding ortho intramolecular Hbond substituents is 1. The number of esters is 1. The summed E-state index contributed by atoms with van der Waals surface area (Å²) in [5, 5.41) is 12.8. The van der Waals surface area contributed by atoms with Crippen molar-refractivity contribution in [2.75, 3.05) is 12.4 Å². The molecule has 0 radical (unpaired) electrons. The molecule has 8 heteroatoms. The van der Waals surface area contributed by atoms with E-state index < -0.39 is 11.9 Å². The van der Waals surface area contributed by atoms with E-state index >= 15 is 0 Å². The van der Waals surface area contributed by atoms with Gasteiger partial charge in [0.2, 0.25) is 0 Å². The number of phenols is 1. The number of carbonyl (C=O) groups excluding carboxylic acids is 2. The molecule has 0 atom stereocenters. The molecule has 0 saturated carbocycles. The molecule has 2 heterocycles. The fourth-order valence-electron chi connectivity index (χ4n) is 3.25. The average Bonchev–Trinajstić information content (AvgIpc) is 3.23. The van der Waals surface area contributed by atoms with Crippen LogP contribution in [0.1, 0.15) is 32.0 Å². The second-order valence-corrected chi connectivity index (χ2v) is 7.11. The number of nitrogens with one attached hydrogen (secondary N) is 1. The quantitative estimate of drug-likeness (QED) is 0.354. The van der Waals surface area contributed by atoms with Gasteiger partial charge in [0.25, 0.3) is 5.91 Å². The van der Waals surface area contributed by atoms with Gasteiger partial charge in [-0.1, -0.05) is 12.1 Å². The average molecular weight is 431 g/mol. The summed E-state index contributed by atoms with van der Waals surface area (Å²) in [6.45, 7) is 2.29. The molecule has 2 aromatic heterocycles. The SMILES string of the molecule is COC(=O)c1cccc(NC(=O)c2ccc(OCc3cn4cccc(C)c4n3)cc2)c1O. The van der Waals surface area contributed by atoms with Gasteiger partial charge in [0.1, 0.15) is 23.6 Å². The third-order valence-corrected chi connectivity index (χ3v) is 4.92. The van der Waals surface area contributed by atoms with Gasteiger partial charge in [0.05, 0.1) is 18.5 Å². The number of fused-ring (bicyclic) bond motifs is 1. The van der Waals surface area contributed by atoms with E-state index in [2.05, 4.69) is 15.0 Å². The number of hydrogen-bond donors (Lipinski definition) is 2. The number of aromatic nitrogens is 2. The number of aromatic hydroxyl groups is 1. The maximum atomic E-state index is 12.5. The number of methoxy groups -OCH3 is 1. The summed E-state index contributed by atoms with van der Waals surface area (Å²) >= 11 is 0. The Bertz CT molecular complexity index is 1290. The number of para-hydroxylation sites is 1. The molecule has 0 aliphatic rings. The number of carbonyl (C=O) groups is 2. The van der Waals surface area contributed by atoms with Crippen molar-refractivity contribution in [1.29, 1.82) is 0 Å². The number of rotatable bonds is 6. The lowest BCUT2D eigenvalue weighted by Crippen LogP contribution is -2.13. The first-order valence-corrected chi connectivity index (χ1v) is 9.84. The molecule has 162 valence electrons. The van der Waals surface area contributed by atoms with Crippen molar-refractivity contribution in [3.63, 3.8) is 0 Å². The molecule has 32 heavy (non-hydrogen) atoms. The van der Waals surface area contributed by atoms with Crippen molar-refractivity contribution in [3.05, 3.63) is 89.4 Å². The normalized spacial score (nSPS) is 10.7. The predicted octanol–water partition coefficient (Wildman–Crippen LogP) is 3.97. The molecule has 2 N–H and O–H groups in total. The maximum absolute atomic E-state index is 12.5. The molecule has 0 bridgehead atoms. The van der Waals surface area contributed by atoms with Crippen LogP contribution in [0.5, 0.6) is 11.5 Å². The number of amides is 1. The van der Waals surface area contributed by atoms with Crippen LogP contribution < -0.4 is 10.1 Å². The Morgan fingerprint density at radius 1 is 1.09 bits per heavy atom. The first kappa shape index (κ1) is 20.9. The second kappa shape index (κ2) is 8.81. The van der Waals surface area contributed by atoms with Gasteiger partial charge in [-0.2, -0.15) is 0 Å². The predicted molar refractivity (Wildman–Crippen MR) is 118 cm³/mol. The van der Waals surface area contributed by atoms with E-state index in [1.165, 1.54) is 19.2 Å². The summed E-state index contributed by atoms with van der Waals surface area (Å²) in [7, 11) is 1.21. The zero-order chi connectivity index (χ0) is 22.7. The van der Waals surface area contributed by atoms with Gasteiger partial charge in [-0.25, -0.2) is 9.78 Å². The molecule has 0 aliphatic carbocycles. The minimum Gasteiger partial charge on any atom is -0.505 e. The van der Waals surface area contributed by atoms with E-state index in [-0.39, 0.29) is 17.0 Å². The highest BCUT2D eigenvalue weighted by atomic mass is 16.5. The first-order valence-electron chi connectivity index (χ1n) is 9.84. The summed E-state index contributed by atoms with van der Waals surface area (Å²) in [6, 6.07) is 15.0. The summed E-state index contributed by atoms with van der Waals surface area (Å²) < 4.78 is 12.4. The van der Waals surface area contributed by atoms with Crippen LogP contribution in [0.15, 0.2) is 67.0 Å². The van der Waals surface area contributed by atoms with Crippen molar-refractivity contribution >= 4 is 23.2 Å².